The summed E-state index contributed by atoms with van der Waals surface area (Å²) in [7, 11) is 0. The topological polar surface area (TPSA) is 13.1 Å². The van der Waals surface area contributed by atoms with Crippen LogP contribution in [-0.4, -0.2) is 0 Å². The lowest BCUT2D eigenvalue weighted by molar-refractivity contribution is 0.670. The van der Waals surface area contributed by atoms with E-state index in [1.54, 1.807) is 0 Å². The molecule has 0 unspecified atom stereocenters. The molecule has 0 aliphatic rings. The van der Waals surface area contributed by atoms with Gasteiger partial charge in [-0.15, -0.1) is 11.3 Å². The summed E-state index contributed by atoms with van der Waals surface area (Å²) < 4.78 is 9.27. The molecule has 1 nitrogen and oxygen atoms in total. The summed E-state index contributed by atoms with van der Waals surface area (Å²) in [5, 5.41) is 14.8. The Morgan fingerprint density at radius 2 is 0.633 bits per heavy atom. The van der Waals surface area contributed by atoms with Gasteiger partial charge >= 0.3 is 0 Å². The van der Waals surface area contributed by atoms with Gasteiger partial charge in [0.25, 0.3) is 0 Å². The van der Waals surface area contributed by atoms with E-state index in [0.29, 0.717) is 0 Å². The highest BCUT2D eigenvalue weighted by Gasteiger charge is 2.24. The summed E-state index contributed by atoms with van der Waals surface area (Å²) in [5.74, 6) is 0. The molecule has 13 aromatic rings. The number of fused-ring (bicyclic) bond motifs is 10. The van der Waals surface area contributed by atoms with Gasteiger partial charge in [0.1, 0.15) is 11.2 Å². The van der Waals surface area contributed by atoms with Crippen molar-refractivity contribution < 1.29 is 4.42 Å². The normalized spacial score (nSPS) is 12.0. The molecule has 0 radical (unpaired) electrons. The summed E-state index contributed by atoms with van der Waals surface area (Å²) in [6, 6.07) is 75.6. The second-order valence-corrected chi connectivity index (χ2v) is 16.9. The minimum Gasteiger partial charge on any atom is -0.455 e. The average Bonchev–Trinajstić information content (AvgIpc) is 3.90. The Labute approximate surface area is 350 Å². The van der Waals surface area contributed by atoms with Crippen molar-refractivity contribution in [2.24, 2.45) is 0 Å². The lowest BCUT2D eigenvalue weighted by Crippen LogP contribution is -1.92. The van der Waals surface area contributed by atoms with Crippen LogP contribution in [0.1, 0.15) is 0 Å². The summed E-state index contributed by atoms with van der Waals surface area (Å²) in [6.07, 6.45) is 0. The van der Waals surface area contributed by atoms with Gasteiger partial charge < -0.3 is 4.42 Å². The quantitative estimate of drug-likeness (QED) is 0.162. The molecule has 13 rings (SSSR count). The van der Waals surface area contributed by atoms with E-state index in [4.69, 9.17) is 4.42 Å². The van der Waals surface area contributed by atoms with Gasteiger partial charge in [-0.25, -0.2) is 0 Å². The Bertz CT molecular complexity index is 3770. The van der Waals surface area contributed by atoms with Crippen LogP contribution in [0.25, 0.3) is 130 Å². The summed E-state index contributed by atoms with van der Waals surface area (Å²) in [6.45, 7) is 0. The maximum atomic E-state index is 6.70. The minimum absolute atomic E-state index is 0.910. The molecule has 0 N–H and O–H groups in total. The minimum atomic E-state index is 0.910. The fourth-order valence-corrected chi connectivity index (χ4v) is 11.4. The molecule has 0 spiro atoms. The van der Waals surface area contributed by atoms with Gasteiger partial charge in [-0.05, 0) is 94.7 Å². The van der Waals surface area contributed by atoms with Crippen LogP contribution in [0, 0.1) is 0 Å². The van der Waals surface area contributed by atoms with E-state index in [9.17, 15) is 0 Å². The van der Waals surface area contributed by atoms with Crippen LogP contribution in [0.2, 0.25) is 0 Å². The number of hydrogen-bond acceptors (Lipinski definition) is 2. The SMILES string of the molecule is c1ccc(-c2c3ccccc3c(-c3cccc4sc5cccc(-c6c7ccccc7c(-c7cccc8c7oc7ccccc78)c7ccccc67)c5c34)c3ccccc23)cc1. The van der Waals surface area contributed by atoms with Crippen LogP contribution in [-0.2, 0) is 0 Å². The fourth-order valence-electron chi connectivity index (χ4n) is 10.3. The van der Waals surface area contributed by atoms with Gasteiger partial charge in [-0.2, -0.15) is 0 Å². The van der Waals surface area contributed by atoms with Crippen molar-refractivity contribution in [1.82, 2.24) is 0 Å². The van der Waals surface area contributed by atoms with Gasteiger partial charge in [0.2, 0.25) is 0 Å². The first-order chi connectivity index (χ1) is 29.8. The first-order valence-corrected chi connectivity index (χ1v) is 21.4. The van der Waals surface area contributed by atoms with E-state index in [1.807, 2.05) is 11.3 Å². The molecule has 0 fully saturated rings. The Kier molecular flexibility index (Phi) is 7.24. The van der Waals surface area contributed by atoms with Gasteiger partial charge in [0, 0.05) is 42.1 Å². The molecule has 0 amide bonds. The molecule has 11 aromatic carbocycles. The highest BCUT2D eigenvalue weighted by Crippen LogP contribution is 2.52. The molecular formula is C58H34OS. The number of benzene rings is 11. The van der Waals surface area contributed by atoms with Crippen LogP contribution in [0.4, 0.5) is 0 Å². The van der Waals surface area contributed by atoms with Gasteiger partial charge in [0.05, 0.1) is 0 Å². The number of rotatable bonds is 4. The maximum absolute atomic E-state index is 6.70. The third-order valence-corrected chi connectivity index (χ3v) is 13.8. The van der Waals surface area contributed by atoms with E-state index < -0.39 is 0 Å². The highest BCUT2D eigenvalue weighted by atomic mass is 32.1. The molecule has 0 aliphatic heterocycles. The molecule has 2 aromatic heterocycles. The van der Waals surface area contributed by atoms with Crippen molar-refractivity contribution in [3.63, 3.8) is 0 Å². The largest absolute Gasteiger partial charge is 0.455 e. The lowest BCUT2D eigenvalue weighted by Gasteiger charge is -2.20. The Morgan fingerprint density at radius 1 is 0.267 bits per heavy atom. The predicted molar refractivity (Wildman–Crippen MR) is 258 cm³/mol. The van der Waals surface area contributed by atoms with E-state index >= 15 is 0 Å². The van der Waals surface area contributed by atoms with Crippen molar-refractivity contribution in [1.29, 1.82) is 0 Å². The first kappa shape index (κ1) is 33.5. The summed E-state index contributed by atoms with van der Waals surface area (Å²) in [4.78, 5) is 0. The van der Waals surface area contributed by atoms with E-state index in [0.717, 1.165) is 27.5 Å². The summed E-state index contributed by atoms with van der Waals surface area (Å²) in [5.41, 5.74) is 11.7. The van der Waals surface area contributed by atoms with Crippen molar-refractivity contribution in [3.05, 3.63) is 206 Å². The number of hydrogen-bond donors (Lipinski definition) is 0. The maximum Gasteiger partial charge on any atom is 0.143 e. The third-order valence-electron chi connectivity index (χ3n) is 12.7. The van der Waals surface area contributed by atoms with Gasteiger partial charge in [-0.1, -0.05) is 188 Å². The molecule has 0 saturated carbocycles. The second-order valence-electron chi connectivity index (χ2n) is 15.8. The van der Waals surface area contributed by atoms with Crippen molar-refractivity contribution in [2.75, 3.05) is 0 Å². The molecule has 0 bridgehead atoms. The van der Waals surface area contributed by atoms with Gasteiger partial charge in [-0.3, -0.25) is 0 Å². The van der Waals surface area contributed by atoms with E-state index in [1.165, 1.54) is 102 Å². The smallest absolute Gasteiger partial charge is 0.143 e. The zero-order chi connectivity index (χ0) is 39.3. The van der Waals surface area contributed by atoms with E-state index in [-0.39, 0.29) is 0 Å². The monoisotopic (exact) mass is 778 g/mol. The standard InChI is InChI=1S/C58H34OS/c1-2-17-35(18-3-1)52-37-20-4-6-22-39(37)53(40-23-7-5-21-38(40)52)46-29-15-33-50-56(46)57-47(30-16-34-51(57)60-50)54-41-24-8-10-26-43(41)55(44-27-11-9-25-42(44)54)48-31-14-28-45-36-19-12-13-32-49(36)59-58(45)48/h1-34H. The average molecular weight is 779 g/mol. The summed E-state index contributed by atoms with van der Waals surface area (Å²) >= 11 is 1.89. The molecule has 60 heavy (non-hydrogen) atoms. The molecule has 2 heterocycles. The van der Waals surface area contributed by atoms with Crippen LogP contribution in [0.5, 0.6) is 0 Å². The second kappa shape index (κ2) is 13.0. The number of para-hydroxylation sites is 2. The number of furan rings is 1. The van der Waals surface area contributed by atoms with Crippen molar-refractivity contribution in [2.45, 2.75) is 0 Å². The fraction of sp³-hybridized carbons (Fsp3) is 0. The molecule has 2 heteroatoms. The predicted octanol–water partition coefficient (Wildman–Crippen LogP) is 17.2. The van der Waals surface area contributed by atoms with E-state index in [2.05, 4.69) is 206 Å². The highest BCUT2D eigenvalue weighted by molar-refractivity contribution is 7.26. The Balaban J connectivity index is 1.15. The van der Waals surface area contributed by atoms with Gasteiger partial charge in [0.15, 0.2) is 0 Å². The van der Waals surface area contributed by atoms with Crippen LogP contribution in [0.3, 0.4) is 0 Å². The van der Waals surface area contributed by atoms with Crippen LogP contribution in [0.15, 0.2) is 211 Å². The van der Waals surface area contributed by atoms with Crippen molar-refractivity contribution >= 4 is 96.5 Å². The Hall–Kier alpha value is -7.52. The molecule has 0 saturated heterocycles. The molecular weight excluding hydrogens is 745 g/mol. The van der Waals surface area contributed by atoms with Crippen LogP contribution < -0.4 is 0 Å². The lowest BCUT2D eigenvalue weighted by atomic mass is 9.83. The van der Waals surface area contributed by atoms with Crippen LogP contribution >= 0.6 is 11.3 Å². The molecule has 0 aliphatic carbocycles. The molecule has 0 atom stereocenters. The first-order valence-electron chi connectivity index (χ1n) is 20.6. The zero-order valence-electron chi connectivity index (χ0n) is 32.4. The van der Waals surface area contributed by atoms with Crippen molar-refractivity contribution in [3.8, 4) is 44.5 Å². The number of thiophene rings is 1. The zero-order valence-corrected chi connectivity index (χ0v) is 33.3. The third kappa shape index (κ3) is 4.74. The Morgan fingerprint density at radius 3 is 1.13 bits per heavy atom. The molecule has 278 valence electrons.